The van der Waals surface area contributed by atoms with E-state index in [1.165, 1.54) is 48.6 Å². The normalized spacial score (nSPS) is 18.1. The van der Waals surface area contributed by atoms with Gasteiger partial charge in [0.2, 0.25) is 0 Å². The Morgan fingerprint density at radius 3 is 2.66 bits per heavy atom. The van der Waals surface area contributed by atoms with Crippen molar-refractivity contribution in [2.45, 2.75) is 56.6 Å². The average Bonchev–Trinajstić information content (AvgIpc) is 2.83. The van der Waals surface area contributed by atoms with E-state index in [1.54, 1.807) is 26.0 Å². The molecule has 5 rings (SSSR count). The maximum absolute atomic E-state index is 5.62. The van der Waals surface area contributed by atoms with E-state index in [1.807, 2.05) is 18.2 Å². The molecule has 0 unspecified atom stereocenters. The second-order valence-electron chi connectivity index (χ2n) is 8.55. The predicted octanol–water partition coefficient (Wildman–Crippen LogP) is 6.49. The third-order valence-corrected chi connectivity index (χ3v) is 7.53. The molecular formula is C26H29N3O2S. The number of thioether (sulfide) groups is 1. The molecule has 2 heterocycles. The number of aromatic nitrogens is 1. The molecule has 1 aromatic heterocycles. The van der Waals surface area contributed by atoms with Crippen LogP contribution in [-0.4, -0.2) is 35.3 Å². The molecule has 1 fully saturated rings. The maximum atomic E-state index is 5.62. The summed E-state index contributed by atoms with van der Waals surface area (Å²) < 4.78 is 11.0. The summed E-state index contributed by atoms with van der Waals surface area (Å²) in [6, 6.07) is 15.0. The van der Waals surface area contributed by atoms with Crippen molar-refractivity contribution in [3.05, 3.63) is 53.6 Å². The molecule has 2 aromatic carbocycles. The minimum Gasteiger partial charge on any atom is -0.497 e. The van der Waals surface area contributed by atoms with Crippen molar-refractivity contribution in [2.24, 2.45) is 4.99 Å². The topological polar surface area (TPSA) is 47.0 Å². The average molecular weight is 448 g/mol. The van der Waals surface area contributed by atoms with Gasteiger partial charge in [0.15, 0.2) is 5.17 Å². The molecule has 0 spiro atoms. The number of para-hydroxylation sites is 1. The third-order valence-electron chi connectivity index (χ3n) is 6.48. The van der Waals surface area contributed by atoms with Crippen molar-refractivity contribution in [3.8, 4) is 11.5 Å². The van der Waals surface area contributed by atoms with Gasteiger partial charge in [-0.25, -0.2) is 9.98 Å². The monoisotopic (exact) mass is 447 g/mol. The molecule has 1 aliphatic carbocycles. The van der Waals surface area contributed by atoms with Crippen molar-refractivity contribution in [1.29, 1.82) is 0 Å². The van der Waals surface area contributed by atoms with Crippen LogP contribution in [0.15, 0.2) is 52.5 Å². The zero-order valence-corrected chi connectivity index (χ0v) is 19.7. The number of hydrogen-bond acceptors (Lipinski definition) is 5. The smallest absolute Gasteiger partial charge is 0.171 e. The number of hydrogen-bond donors (Lipinski definition) is 0. The number of aryl methyl sites for hydroxylation is 1. The minimum atomic E-state index is 0.514. The predicted molar refractivity (Wildman–Crippen MR) is 131 cm³/mol. The van der Waals surface area contributed by atoms with Gasteiger partial charge in [-0.15, -0.1) is 0 Å². The first kappa shape index (κ1) is 21.1. The largest absolute Gasteiger partial charge is 0.497 e. The van der Waals surface area contributed by atoms with Gasteiger partial charge in [0, 0.05) is 29.6 Å². The Labute approximate surface area is 193 Å². The lowest BCUT2D eigenvalue weighted by Gasteiger charge is -2.39. The van der Waals surface area contributed by atoms with Crippen LogP contribution in [0.4, 0.5) is 5.69 Å². The fourth-order valence-electron chi connectivity index (χ4n) is 4.72. The van der Waals surface area contributed by atoms with Crippen LogP contribution in [0.1, 0.15) is 43.2 Å². The third kappa shape index (κ3) is 4.04. The number of pyridine rings is 1. The van der Waals surface area contributed by atoms with Crippen LogP contribution < -0.4 is 9.47 Å². The molecule has 5 nitrogen and oxygen atoms in total. The van der Waals surface area contributed by atoms with Crippen molar-refractivity contribution in [3.63, 3.8) is 0 Å². The minimum absolute atomic E-state index is 0.514. The molecule has 1 saturated carbocycles. The van der Waals surface area contributed by atoms with Gasteiger partial charge in [-0.3, -0.25) is 0 Å². The molecule has 1 aliphatic heterocycles. The lowest BCUT2D eigenvalue weighted by molar-refractivity contribution is 0.238. The van der Waals surface area contributed by atoms with E-state index in [2.05, 4.69) is 36.1 Å². The Morgan fingerprint density at radius 2 is 1.88 bits per heavy atom. The fourth-order valence-corrected chi connectivity index (χ4v) is 5.76. The first-order valence-electron chi connectivity index (χ1n) is 11.3. The van der Waals surface area contributed by atoms with Crippen LogP contribution in [0.25, 0.3) is 10.9 Å². The van der Waals surface area contributed by atoms with Gasteiger partial charge in [0.1, 0.15) is 22.2 Å². The SMILES string of the molecule is COc1ccc(N=C2Sc3nc4c(C)cccc4cc3CN2C2CCCCC2)c(OC)c1. The molecule has 166 valence electrons. The number of nitrogens with zero attached hydrogens (tertiary/aromatic N) is 3. The van der Waals surface area contributed by atoms with Crippen LogP contribution in [0.5, 0.6) is 11.5 Å². The number of benzene rings is 2. The molecule has 2 aliphatic rings. The second kappa shape index (κ2) is 9.02. The van der Waals surface area contributed by atoms with Gasteiger partial charge in [0.25, 0.3) is 0 Å². The Morgan fingerprint density at radius 1 is 1.03 bits per heavy atom. The summed E-state index contributed by atoms with van der Waals surface area (Å²) in [5.74, 6) is 1.48. The molecule has 0 radical (unpaired) electrons. The zero-order chi connectivity index (χ0) is 22.1. The quantitative estimate of drug-likeness (QED) is 0.457. The van der Waals surface area contributed by atoms with Crippen molar-refractivity contribution >= 4 is 33.5 Å². The Balaban J connectivity index is 1.59. The van der Waals surface area contributed by atoms with Gasteiger partial charge in [-0.2, -0.15) is 0 Å². The highest BCUT2D eigenvalue weighted by atomic mass is 32.2. The molecule has 0 N–H and O–H groups in total. The Kier molecular flexibility index (Phi) is 5.96. The molecule has 32 heavy (non-hydrogen) atoms. The number of ether oxygens (including phenoxy) is 2. The number of fused-ring (bicyclic) bond motifs is 2. The standard InChI is InChI=1S/C26H29N3O2S/c1-17-8-7-9-18-14-19-16-29(20-10-5-4-6-11-20)26(32-25(19)28-24(17)18)27-22-13-12-21(30-2)15-23(22)31-3/h7-9,12-15,20H,4-6,10-11,16H2,1-3H3. The number of amidine groups is 1. The number of aliphatic imine (C=N–C) groups is 1. The lowest BCUT2D eigenvalue weighted by atomic mass is 9.94. The first-order valence-corrected chi connectivity index (χ1v) is 12.1. The van der Waals surface area contributed by atoms with Gasteiger partial charge < -0.3 is 14.4 Å². The van der Waals surface area contributed by atoms with Crippen LogP contribution in [-0.2, 0) is 6.54 Å². The summed E-state index contributed by atoms with van der Waals surface area (Å²) in [6.07, 6.45) is 6.34. The van der Waals surface area contributed by atoms with Gasteiger partial charge in [0.05, 0.1) is 19.7 Å². The van der Waals surface area contributed by atoms with Gasteiger partial charge in [-0.05, 0) is 55.3 Å². The van der Waals surface area contributed by atoms with Gasteiger partial charge >= 0.3 is 0 Å². The van der Waals surface area contributed by atoms with Crippen LogP contribution >= 0.6 is 11.8 Å². The first-order chi connectivity index (χ1) is 15.7. The van der Waals surface area contributed by atoms with E-state index in [4.69, 9.17) is 19.5 Å². The van der Waals surface area contributed by atoms with Crippen LogP contribution in [0.3, 0.4) is 0 Å². The Hall–Kier alpha value is -2.73. The summed E-state index contributed by atoms with van der Waals surface area (Å²) in [4.78, 5) is 12.7. The summed E-state index contributed by atoms with van der Waals surface area (Å²) in [7, 11) is 3.34. The van der Waals surface area contributed by atoms with Crippen molar-refractivity contribution < 1.29 is 9.47 Å². The molecule has 0 saturated heterocycles. The highest BCUT2D eigenvalue weighted by Crippen LogP contribution is 2.40. The summed E-state index contributed by atoms with van der Waals surface area (Å²) in [6.45, 7) is 2.97. The van der Waals surface area contributed by atoms with Crippen molar-refractivity contribution in [2.75, 3.05) is 14.2 Å². The van der Waals surface area contributed by atoms with Crippen molar-refractivity contribution in [1.82, 2.24) is 9.88 Å². The Bertz CT molecular complexity index is 1170. The van der Waals surface area contributed by atoms with E-state index < -0.39 is 0 Å². The lowest BCUT2D eigenvalue weighted by Crippen LogP contribution is -2.41. The molecule has 0 amide bonds. The highest BCUT2D eigenvalue weighted by molar-refractivity contribution is 8.13. The van der Waals surface area contributed by atoms with E-state index in [0.29, 0.717) is 11.8 Å². The summed E-state index contributed by atoms with van der Waals surface area (Å²) >= 11 is 1.68. The molecule has 0 bridgehead atoms. The van der Waals surface area contributed by atoms with E-state index in [-0.39, 0.29) is 0 Å². The number of methoxy groups -OCH3 is 2. The van der Waals surface area contributed by atoms with E-state index >= 15 is 0 Å². The van der Waals surface area contributed by atoms with Crippen LogP contribution in [0, 0.1) is 6.92 Å². The molecule has 0 atom stereocenters. The van der Waals surface area contributed by atoms with Crippen LogP contribution in [0.2, 0.25) is 0 Å². The zero-order valence-electron chi connectivity index (χ0n) is 18.9. The van der Waals surface area contributed by atoms with E-state index in [0.717, 1.165) is 33.7 Å². The number of rotatable bonds is 4. The molecular weight excluding hydrogens is 418 g/mol. The summed E-state index contributed by atoms with van der Waals surface area (Å²) in [5, 5.41) is 3.28. The molecule has 3 aromatic rings. The van der Waals surface area contributed by atoms with Gasteiger partial charge in [-0.1, -0.05) is 37.5 Å². The maximum Gasteiger partial charge on any atom is 0.171 e. The summed E-state index contributed by atoms with van der Waals surface area (Å²) in [5.41, 5.74) is 4.39. The second-order valence-corrected chi connectivity index (χ2v) is 9.51. The van der Waals surface area contributed by atoms with E-state index in [9.17, 15) is 0 Å². The highest BCUT2D eigenvalue weighted by Gasteiger charge is 2.31. The molecule has 6 heteroatoms. The fraction of sp³-hybridized carbons (Fsp3) is 0.385.